The second kappa shape index (κ2) is 13.0. The summed E-state index contributed by atoms with van der Waals surface area (Å²) >= 11 is 0. The van der Waals surface area contributed by atoms with E-state index in [0.29, 0.717) is 12.1 Å². The zero-order valence-electron chi connectivity index (χ0n) is 23.5. The standard InChI is InChI=1S/C30H24F8N4O3/c1-16-12-20(28(32,29(33,34)35)30(36,37)38)13-17(2)22(16)14-24(43)21-4-3-5-23(26(21)31)42(11-10-25(44)41-40)27(45)19-8-6-18(15-39)7-9-19/h3-9,12-13H,10-11,14,40H2,1-2H3,(H,41,44). The lowest BCUT2D eigenvalue weighted by Gasteiger charge is -2.31. The number of hydrogen-bond acceptors (Lipinski definition) is 5. The molecule has 2 amide bonds. The molecule has 0 atom stereocenters. The first-order valence-electron chi connectivity index (χ1n) is 12.9. The minimum absolute atomic E-state index is 0.00581. The van der Waals surface area contributed by atoms with Crippen LogP contribution in [0.1, 0.15) is 55.0 Å². The number of hydrazine groups is 1. The van der Waals surface area contributed by atoms with Crippen LogP contribution in [0, 0.1) is 31.0 Å². The predicted octanol–water partition coefficient (Wildman–Crippen LogP) is 6.06. The Balaban J connectivity index is 2.02. The Morgan fingerprint density at radius 2 is 1.47 bits per heavy atom. The van der Waals surface area contributed by atoms with E-state index in [-0.39, 0.29) is 34.2 Å². The fourth-order valence-electron chi connectivity index (χ4n) is 4.62. The summed E-state index contributed by atoms with van der Waals surface area (Å²) in [4.78, 5) is 39.3. The van der Waals surface area contributed by atoms with Crippen molar-refractivity contribution in [3.05, 3.63) is 99.4 Å². The van der Waals surface area contributed by atoms with Crippen molar-refractivity contribution < 1.29 is 49.5 Å². The van der Waals surface area contributed by atoms with Gasteiger partial charge in [0.1, 0.15) is 0 Å². The van der Waals surface area contributed by atoms with E-state index < -0.39 is 71.2 Å². The van der Waals surface area contributed by atoms with Gasteiger partial charge in [-0.3, -0.25) is 19.8 Å². The number of halogens is 8. The molecule has 0 aliphatic rings. The lowest BCUT2D eigenvalue weighted by Crippen LogP contribution is -2.50. The van der Waals surface area contributed by atoms with Gasteiger partial charge < -0.3 is 4.90 Å². The Kier molecular flexibility index (Phi) is 10.0. The lowest BCUT2D eigenvalue weighted by molar-refractivity contribution is -0.348. The van der Waals surface area contributed by atoms with E-state index in [1.807, 2.05) is 11.5 Å². The van der Waals surface area contributed by atoms with E-state index in [1.165, 1.54) is 30.3 Å². The second-order valence-electron chi connectivity index (χ2n) is 9.94. The molecule has 15 heteroatoms. The number of nitrogens with zero attached hydrogens (tertiary/aromatic N) is 2. The van der Waals surface area contributed by atoms with Crippen molar-refractivity contribution in [2.45, 2.75) is 44.7 Å². The van der Waals surface area contributed by atoms with Crippen LogP contribution in [0.15, 0.2) is 54.6 Å². The maximum Gasteiger partial charge on any atom is 0.435 e. The molecule has 0 saturated heterocycles. The molecule has 0 spiro atoms. The third-order valence-electron chi connectivity index (χ3n) is 7.01. The van der Waals surface area contributed by atoms with Crippen LogP contribution >= 0.6 is 0 Å². The minimum Gasteiger partial charge on any atom is -0.305 e. The highest BCUT2D eigenvalue weighted by Gasteiger charge is 2.73. The van der Waals surface area contributed by atoms with Gasteiger partial charge in [-0.1, -0.05) is 18.2 Å². The molecule has 3 N–H and O–H groups in total. The van der Waals surface area contributed by atoms with Crippen LogP contribution in [0.4, 0.5) is 40.8 Å². The minimum atomic E-state index is -6.34. The number of hydrogen-bond donors (Lipinski definition) is 2. The number of ketones is 1. The average Bonchev–Trinajstić information content (AvgIpc) is 2.97. The summed E-state index contributed by atoms with van der Waals surface area (Å²) in [6.45, 7) is 1.76. The van der Waals surface area contributed by atoms with Gasteiger partial charge in [0.2, 0.25) is 5.91 Å². The molecular weight excluding hydrogens is 616 g/mol. The molecule has 3 rings (SSSR count). The number of benzene rings is 3. The Bertz CT molecular complexity index is 1620. The first-order chi connectivity index (χ1) is 20.9. The second-order valence-corrected chi connectivity index (χ2v) is 9.94. The molecule has 0 saturated carbocycles. The highest BCUT2D eigenvalue weighted by molar-refractivity contribution is 6.07. The van der Waals surface area contributed by atoms with Crippen LogP contribution < -0.4 is 16.2 Å². The van der Waals surface area contributed by atoms with Crippen LogP contribution in [-0.2, 0) is 16.9 Å². The van der Waals surface area contributed by atoms with Crippen molar-refractivity contribution in [3.63, 3.8) is 0 Å². The third-order valence-corrected chi connectivity index (χ3v) is 7.01. The summed E-state index contributed by atoms with van der Waals surface area (Å²) < 4.78 is 110. The maximum atomic E-state index is 15.9. The number of nitriles is 1. The lowest BCUT2D eigenvalue weighted by atomic mass is 9.87. The summed E-state index contributed by atoms with van der Waals surface area (Å²) in [7, 11) is 0. The van der Waals surface area contributed by atoms with E-state index in [9.17, 15) is 45.1 Å². The molecule has 7 nitrogen and oxygen atoms in total. The molecule has 0 heterocycles. The molecule has 0 aliphatic carbocycles. The molecule has 45 heavy (non-hydrogen) atoms. The average molecular weight is 641 g/mol. The number of anilines is 1. The first kappa shape index (κ1) is 34.6. The van der Waals surface area contributed by atoms with Crippen molar-refractivity contribution in [2.24, 2.45) is 5.84 Å². The van der Waals surface area contributed by atoms with E-state index in [4.69, 9.17) is 11.1 Å². The number of nitrogens with one attached hydrogen (secondary N) is 1. The molecule has 0 radical (unpaired) electrons. The number of Topliss-reactive ketones (excluding diaryl/α,β-unsaturated/α-hetero) is 1. The van der Waals surface area contributed by atoms with Gasteiger partial charge in [-0.2, -0.15) is 31.6 Å². The highest BCUT2D eigenvalue weighted by atomic mass is 19.4. The Morgan fingerprint density at radius 1 is 0.911 bits per heavy atom. The molecule has 0 aliphatic heterocycles. The number of carbonyl (C=O) groups is 3. The Labute approximate surface area is 251 Å². The number of amides is 2. The maximum absolute atomic E-state index is 15.9. The van der Waals surface area contributed by atoms with Crippen LogP contribution in [0.25, 0.3) is 0 Å². The SMILES string of the molecule is Cc1cc(C(F)(C(F)(F)F)C(F)(F)F)cc(C)c1CC(=O)c1cccc(N(CCC(=O)NN)C(=O)c2ccc(C#N)cc2)c1F. The fraction of sp³-hybridized carbons (Fsp3) is 0.267. The summed E-state index contributed by atoms with van der Waals surface area (Å²) in [5, 5.41) is 9.01. The normalized spacial score (nSPS) is 12.0. The molecular formula is C30H24F8N4O3. The number of aryl methyl sites for hydroxylation is 2. The van der Waals surface area contributed by atoms with E-state index >= 15 is 4.39 Å². The molecule has 238 valence electrons. The van der Waals surface area contributed by atoms with Gasteiger partial charge in [-0.25, -0.2) is 14.6 Å². The highest BCUT2D eigenvalue weighted by Crippen LogP contribution is 2.53. The molecule has 0 aromatic heterocycles. The zero-order valence-corrected chi connectivity index (χ0v) is 23.5. The van der Waals surface area contributed by atoms with Crippen molar-refractivity contribution in [2.75, 3.05) is 11.4 Å². The van der Waals surface area contributed by atoms with Gasteiger partial charge >= 0.3 is 18.0 Å². The van der Waals surface area contributed by atoms with Gasteiger partial charge in [-0.15, -0.1) is 0 Å². The van der Waals surface area contributed by atoms with Gasteiger partial charge in [0.05, 0.1) is 22.9 Å². The number of nitrogens with two attached hydrogens (primary N) is 1. The first-order valence-corrected chi connectivity index (χ1v) is 12.9. The van der Waals surface area contributed by atoms with E-state index in [0.717, 1.165) is 30.9 Å². The number of carbonyl (C=O) groups excluding carboxylic acids is 3. The number of alkyl halides is 7. The Hall–Kier alpha value is -4.84. The van der Waals surface area contributed by atoms with Gasteiger partial charge in [-0.05, 0) is 66.9 Å². The van der Waals surface area contributed by atoms with Crippen LogP contribution in [-0.4, -0.2) is 36.5 Å². The van der Waals surface area contributed by atoms with Crippen molar-refractivity contribution >= 4 is 23.3 Å². The smallest absolute Gasteiger partial charge is 0.305 e. The van der Waals surface area contributed by atoms with Crippen molar-refractivity contribution in [1.29, 1.82) is 5.26 Å². The molecule has 3 aromatic carbocycles. The number of rotatable bonds is 9. The third kappa shape index (κ3) is 6.96. The van der Waals surface area contributed by atoms with Crippen LogP contribution in [0.5, 0.6) is 0 Å². The Morgan fingerprint density at radius 3 is 1.96 bits per heavy atom. The topological polar surface area (TPSA) is 116 Å². The summed E-state index contributed by atoms with van der Waals surface area (Å²) in [6.07, 6.45) is -13.8. The zero-order chi connectivity index (χ0) is 33.9. The van der Waals surface area contributed by atoms with Gasteiger partial charge in [0.25, 0.3) is 5.91 Å². The van der Waals surface area contributed by atoms with Crippen molar-refractivity contribution in [1.82, 2.24) is 5.43 Å². The molecule has 0 fully saturated rings. The van der Waals surface area contributed by atoms with Gasteiger partial charge in [0.15, 0.2) is 11.6 Å². The molecule has 0 unspecified atom stereocenters. The monoisotopic (exact) mass is 640 g/mol. The van der Waals surface area contributed by atoms with Crippen LogP contribution in [0.2, 0.25) is 0 Å². The predicted molar refractivity (Wildman–Crippen MR) is 145 cm³/mol. The molecule has 0 bridgehead atoms. The van der Waals surface area contributed by atoms with Crippen LogP contribution in [0.3, 0.4) is 0 Å². The quantitative estimate of drug-likeness (QED) is 0.0971. The van der Waals surface area contributed by atoms with Gasteiger partial charge in [0, 0.05) is 30.5 Å². The van der Waals surface area contributed by atoms with Crippen molar-refractivity contribution in [3.8, 4) is 6.07 Å². The summed E-state index contributed by atoms with van der Waals surface area (Å²) in [6, 6.07) is 11.2. The van der Waals surface area contributed by atoms with E-state index in [1.54, 1.807) is 0 Å². The molecule has 3 aromatic rings. The summed E-state index contributed by atoms with van der Waals surface area (Å²) in [5.41, 5.74) is -6.93. The largest absolute Gasteiger partial charge is 0.435 e. The fourth-order valence-corrected chi connectivity index (χ4v) is 4.62. The van der Waals surface area contributed by atoms with E-state index in [2.05, 4.69) is 0 Å². The summed E-state index contributed by atoms with van der Waals surface area (Å²) in [5.74, 6) is 1.42.